The van der Waals surface area contributed by atoms with Crippen LogP contribution >= 0.6 is 0 Å². The summed E-state index contributed by atoms with van der Waals surface area (Å²) in [5.74, 6) is 1.86. The van der Waals surface area contributed by atoms with E-state index < -0.39 is 15.4 Å². The average Bonchev–Trinajstić information content (AvgIpc) is 3.22. The zero-order valence-corrected chi connectivity index (χ0v) is 24.5. The average molecular weight is 550 g/mol. The predicted molar refractivity (Wildman–Crippen MR) is 154 cm³/mol. The van der Waals surface area contributed by atoms with Gasteiger partial charge in [-0.15, -0.1) is 0 Å². The Hall–Kier alpha value is -3.13. The summed E-state index contributed by atoms with van der Waals surface area (Å²) >= 11 is 0. The summed E-state index contributed by atoms with van der Waals surface area (Å²) in [4.78, 5) is 13.8. The van der Waals surface area contributed by atoms with E-state index in [-0.39, 0.29) is 16.7 Å². The van der Waals surface area contributed by atoms with Crippen LogP contribution in [-0.2, 0) is 33.1 Å². The quantitative estimate of drug-likeness (QED) is 0.359. The van der Waals surface area contributed by atoms with E-state index in [2.05, 4.69) is 48.1 Å². The molecular weight excluding hydrogens is 510 g/mol. The molecule has 3 aromatic rings. The number of anilines is 2. The minimum absolute atomic E-state index is 0.0621. The number of aromatic nitrogens is 1. The predicted octanol–water partition coefficient (Wildman–Crippen LogP) is 6.65. The van der Waals surface area contributed by atoms with Gasteiger partial charge >= 0.3 is 0 Å². The van der Waals surface area contributed by atoms with Gasteiger partial charge in [-0.3, -0.25) is 4.79 Å². The fraction of sp³-hybridized carbons (Fsp3) is 0.484. The first-order valence-corrected chi connectivity index (χ1v) is 15.4. The minimum Gasteiger partial charge on any atom is -0.337 e. The molecule has 2 N–H and O–H groups in total. The molecule has 1 aromatic heterocycles. The van der Waals surface area contributed by atoms with Crippen LogP contribution in [0.3, 0.4) is 0 Å². The van der Waals surface area contributed by atoms with Gasteiger partial charge in [0.1, 0.15) is 0 Å². The zero-order chi connectivity index (χ0) is 28.1. The Morgan fingerprint density at radius 3 is 2.46 bits per heavy atom. The van der Waals surface area contributed by atoms with E-state index in [1.54, 1.807) is 26.0 Å². The van der Waals surface area contributed by atoms with Crippen molar-refractivity contribution in [1.29, 1.82) is 0 Å². The Morgan fingerprint density at radius 2 is 1.82 bits per heavy atom. The highest BCUT2D eigenvalue weighted by Crippen LogP contribution is 2.47. The molecule has 0 radical (unpaired) electrons. The Balaban J connectivity index is 1.36. The number of sulfonamides is 1. The second-order valence-corrected chi connectivity index (χ2v) is 13.7. The second-order valence-electron chi connectivity index (χ2n) is 12.0. The van der Waals surface area contributed by atoms with Crippen molar-refractivity contribution in [2.45, 2.75) is 89.9 Å². The number of carbonyl (C=O) groups is 1. The van der Waals surface area contributed by atoms with Crippen LogP contribution in [0.2, 0.25) is 0 Å². The third kappa shape index (κ3) is 4.99. The van der Waals surface area contributed by atoms with E-state index >= 15 is 0 Å². The summed E-state index contributed by atoms with van der Waals surface area (Å²) in [5.41, 5.74) is 6.61. The maximum Gasteiger partial charge on any atom is 0.264 e. The molecule has 0 saturated carbocycles. The lowest BCUT2D eigenvalue weighted by molar-refractivity contribution is -0.121. The van der Waals surface area contributed by atoms with Gasteiger partial charge in [0.15, 0.2) is 0 Å². The van der Waals surface area contributed by atoms with Crippen molar-refractivity contribution < 1.29 is 17.7 Å². The minimum atomic E-state index is -3.86. The monoisotopic (exact) mass is 549 g/mol. The van der Waals surface area contributed by atoms with Gasteiger partial charge in [-0.05, 0) is 117 Å². The maximum atomic E-state index is 13.8. The number of fused-ring (bicyclic) bond motifs is 3. The molecule has 3 unspecified atom stereocenters. The summed E-state index contributed by atoms with van der Waals surface area (Å²) in [6.07, 6.45) is 5.14. The standard InChI is InChI=1S/C31H39N3O4S/c1-18(2)22-7-13-26-23(17-22)8-14-27-28(26)19(3)15-16-31(27,6)30(35)32-24-9-11-25(12-10-24)39(36,37)34-29-20(4)21(5)33-38-29/h8-12,14,18-19,22,34H,7,13,15-17H2,1-6H3,(H,32,35). The van der Waals surface area contributed by atoms with Crippen molar-refractivity contribution in [2.24, 2.45) is 11.8 Å². The van der Waals surface area contributed by atoms with Crippen molar-refractivity contribution in [2.75, 3.05) is 10.0 Å². The van der Waals surface area contributed by atoms with Gasteiger partial charge in [0.05, 0.1) is 16.0 Å². The van der Waals surface area contributed by atoms with Crippen LogP contribution in [0.5, 0.6) is 0 Å². The highest BCUT2D eigenvalue weighted by molar-refractivity contribution is 7.92. The van der Waals surface area contributed by atoms with E-state index in [1.807, 2.05) is 6.92 Å². The molecule has 1 amide bonds. The van der Waals surface area contributed by atoms with Gasteiger partial charge in [-0.1, -0.05) is 38.1 Å². The number of carbonyl (C=O) groups excluding carboxylic acids is 1. The van der Waals surface area contributed by atoms with Crippen molar-refractivity contribution in [3.8, 4) is 0 Å². The molecule has 0 bridgehead atoms. The van der Waals surface area contributed by atoms with Crippen LogP contribution < -0.4 is 10.0 Å². The zero-order valence-electron chi connectivity index (χ0n) is 23.7. The van der Waals surface area contributed by atoms with Crippen LogP contribution in [-0.4, -0.2) is 19.5 Å². The van der Waals surface area contributed by atoms with Gasteiger partial charge in [0, 0.05) is 11.3 Å². The summed E-state index contributed by atoms with van der Waals surface area (Å²) in [7, 11) is -3.86. The SMILES string of the molecule is Cc1noc(NS(=O)(=O)c2ccc(NC(=O)C3(C)CCC(C)c4c3ccc3c4CCC(C(C)C)C3)cc2)c1C. The maximum absolute atomic E-state index is 13.8. The number of nitrogens with zero attached hydrogens (tertiary/aromatic N) is 1. The lowest BCUT2D eigenvalue weighted by atomic mass is 9.64. The normalized spacial score (nSPS) is 22.7. The number of amides is 1. The summed E-state index contributed by atoms with van der Waals surface area (Å²) in [6.45, 7) is 12.5. The largest absolute Gasteiger partial charge is 0.337 e. The molecule has 2 aromatic carbocycles. The van der Waals surface area contributed by atoms with Crippen LogP contribution in [0, 0.1) is 25.7 Å². The molecule has 0 fully saturated rings. The van der Waals surface area contributed by atoms with Crippen molar-refractivity contribution in [3.05, 3.63) is 69.9 Å². The van der Waals surface area contributed by atoms with E-state index in [0.717, 1.165) is 37.2 Å². The molecule has 0 aliphatic heterocycles. The Labute approximate surface area is 231 Å². The molecule has 2 aliphatic rings. The molecule has 3 atom stereocenters. The molecule has 208 valence electrons. The van der Waals surface area contributed by atoms with E-state index in [4.69, 9.17) is 4.52 Å². The fourth-order valence-corrected chi connectivity index (χ4v) is 7.27. The van der Waals surface area contributed by atoms with Gasteiger partial charge in [-0.2, -0.15) is 0 Å². The molecule has 39 heavy (non-hydrogen) atoms. The number of hydrogen-bond acceptors (Lipinski definition) is 5. The first kappa shape index (κ1) is 27.4. The van der Waals surface area contributed by atoms with E-state index in [9.17, 15) is 13.2 Å². The molecule has 5 rings (SSSR count). The smallest absolute Gasteiger partial charge is 0.264 e. The lowest BCUT2D eigenvalue weighted by Crippen LogP contribution is -2.41. The van der Waals surface area contributed by atoms with Crippen LogP contribution in [0.15, 0.2) is 45.8 Å². The van der Waals surface area contributed by atoms with Crippen LogP contribution in [0.25, 0.3) is 0 Å². The van der Waals surface area contributed by atoms with Gasteiger partial charge in [0.2, 0.25) is 11.8 Å². The Bertz CT molecular complexity index is 1510. The van der Waals surface area contributed by atoms with Gasteiger partial charge < -0.3 is 9.84 Å². The van der Waals surface area contributed by atoms with Crippen LogP contribution in [0.1, 0.15) is 86.4 Å². The summed E-state index contributed by atoms with van der Waals surface area (Å²) in [5, 5.41) is 6.86. The molecule has 0 spiro atoms. The highest BCUT2D eigenvalue weighted by Gasteiger charge is 2.42. The van der Waals surface area contributed by atoms with Gasteiger partial charge in [-0.25, -0.2) is 13.1 Å². The van der Waals surface area contributed by atoms with E-state index in [1.165, 1.54) is 35.2 Å². The summed E-state index contributed by atoms with van der Waals surface area (Å²) < 4.78 is 33.2. The van der Waals surface area contributed by atoms with Crippen molar-refractivity contribution >= 4 is 27.5 Å². The number of hydrogen-bond donors (Lipinski definition) is 2. The lowest BCUT2D eigenvalue weighted by Gasteiger charge is -2.41. The number of rotatable bonds is 6. The summed E-state index contributed by atoms with van der Waals surface area (Å²) in [6, 6.07) is 10.7. The molecule has 1 heterocycles. The van der Waals surface area contributed by atoms with Crippen LogP contribution in [0.4, 0.5) is 11.6 Å². The molecule has 8 heteroatoms. The second kappa shape index (κ2) is 10.1. The third-order valence-corrected chi connectivity index (χ3v) is 10.5. The topological polar surface area (TPSA) is 101 Å². The highest BCUT2D eigenvalue weighted by atomic mass is 32.2. The number of nitrogens with one attached hydrogen (secondary N) is 2. The number of benzene rings is 2. The first-order valence-electron chi connectivity index (χ1n) is 13.9. The molecular formula is C31H39N3O4S. The van der Waals surface area contributed by atoms with E-state index in [0.29, 0.717) is 28.8 Å². The number of aryl methyl sites for hydroxylation is 1. The van der Waals surface area contributed by atoms with Gasteiger partial charge in [0.25, 0.3) is 10.0 Å². The van der Waals surface area contributed by atoms with Crippen molar-refractivity contribution in [1.82, 2.24) is 5.16 Å². The fourth-order valence-electron chi connectivity index (χ4n) is 6.22. The Morgan fingerprint density at radius 1 is 1.10 bits per heavy atom. The molecule has 2 aliphatic carbocycles. The van der Waals surface area contributed by atoms with Crippen molar-refractivity contribution in [3.63, 3.8) is 0 Å². The molecule has 7 nitrogen and oxygen atoms in total. The first-order chi connectivity index (χ1) is 18.4. The molecule has 0 saturated heterocycles. The third-order valence-electron chi connectivity index (χ3n) is 9.12. The Kier molecular flexibility index (Phi) is 7.12.